The Hall–Kier alpha value is -4.06. The number of urea groups is 1. The number of primary amides is 1. The van der Waals surface area contributed by atoms with Crippen LogP contribution in [-0.2, 0) is 30.6 Å². The van der Waals surface area contributed by atoms with E-state index in [4.69, 9.17) is 10.8 Å². The maximum atomic E-state index is 12.4. The first-order valence-electron chi connectivity index (χ1n) is 17.0. The number of amides is 5. The Bertz CT molecular complexity index is 1090. The Morgan fingerprint density at radius 3 is 1.88 bits per heavy atom. The van der Waals surface area contributed by atoms with E-state index >= 15 is 0 Å². The lowest BCUT2D eigenvalue weighted by atomic mass is 10.0. The predicted molar refractivity (Wildman–Crippen MR) is 193 cm³/mol. The van der Waals surface area contributed by atoms with E-state index in [-0.39, 0.29) is 54.3 Å². The summed E-state index contributed by atoms with van der Waals surface area (Å²) in [7, 11) is 0. The van der Waals surface area contributed by atoms with Gasteiger partial charge in [-0.05, 0) is 62.0 Å². The number of aliphatic hydroxyl groups excluding tert-OH is 1. The Morgan fingerprint density at radius 2 is 1.44 bits per heavy atom. The van der Waals surface area contributed by atoms with Gasteiger partial charge in [-0.15, -0.1) is 0 Å². The lowest BCUT2D eigenvalue weighted by Gasteiger charge is -2.21. The van der Waals surface area contributed by atoms with E-state index in [0.29, 0.717) is 18.7 Å². The van der Waals surface area contributed by atoms with Crippen molar-refractivity contribution in [2.45, 2.75) is 120 Å². The zero-order chi connectivity index (χ0) is 37.5. The lowest BCUT2D eigenvalue weighted by molar-refractivity contribution is -0.130. The molecular formula is C36H63N5O7. The van der Waals surface area contributed by atoms with Gasteiger partial charge in [0.05, 0.1) is 13.2 Å². The third kappa shape index (κ3) is 28.2. The molecule has 0 saturated carbocycles. The van der Waals surface area contributed by atoms with Gasteiger partial charge in [0.25, 0.3) is 0 Å². The number of nitrogens with two attached hydrogens (primary N) is 1. The summed E-state index contributed by atoms with van der Waals surface area (Å²) in [5.41, 5.74) is 6.06. The molecular weight excluding hydrogens is 614 g/mol. The van der Waals surface area contributed by atoms with E-state index in [2.05, 4.69) is 28.2 Å². The van der Waals surface area contributed by atoms with Crippen molar-refractivity contribution >= 4 is 41.0 Å². The highest BCUT2D eigenvalue weighted by molar-refractivity contribution is 5.98. The Labute approximate surface area is 288 Å². The Kier molecular flexibility index (Phi) is 31.8. The number of rotatable bonds is 18. The first-order valence-corrected chi connectivity index (χ1v) is 17.0. The lowest BCUT2D eigenvalue weighted by Crippen LogP contribution is -2.51. The van der Waals surface area contributed by atoms with Gasteiger partial charge in [0, 0.05) is 24.6 Å². The van der Waals surface area contributed by atoms with E-state index in [9.17, 15) is 28.8 Å². The van der Waals surface area contributed by atoms with E-state index in [1.165, 1.54) is 19.1 Å². The average Bonchev–Trinajstić information content (AvgIpc) is 3.07. The number of nitrogens with one attached hydrogen (secondary N) is 4. The van der Waals surface area contributed by atoms with Crippen LogP contribution in [0.3, 0.4) is 0 Å². The Balaban J connectivity index is -0.000000827. The number of carbonyl (C=O) groups is 6. The molecule has 2 unspecified atom stereocenters. The van der Waals surface area contributed by atoms with Crippen molar-refractivity contribution in [2.24, 2.45) is 17.6 Å². The van der Waals surface area contributed by atoms with E-state index in [1.807, 2.05) is 48.5 Å². The maximum absolute atomic E-state index is 12.4. The van der Waals surface area contributed by atoms with Crippen LogP contribution in [0.1, 0.15) is 113 Å². The predicted octanol–water partition coefficient (Wildman–Crippen LogP) is 5.18. The average molecular weight is 678 g/mol. The van der Waals surface area contributed by atoms with Gasteiger partial charge in [-0.2, -0.15) is 0 Å². The molecule has 0 aliphatic carbocycles. The van der Waals surface area contributed by atoms with Crippen LogP contribution in [0.4, 0.5) is 10.5 Å². The molecule has 0 saturated heterocycles. The van der Waals surface area contributed by atoms with Gasteiger partial charge in [-0.1, -0.05) is 86.8 Å². The number of aliphatic hydroxyl groups is 1. The molecule has 274 valence electrons. The van der Waals surface area contributed by atoms with Gasteiger partial charge in [0.2, 0.25) is 17.7 Å². The molecule has 1 rings (SSSR count). The second-order valence-corrected chi connectivity index (χ2v) is 11.2. The molecule has 12 heteroatoms. The zero-order valence-corrected chi connectivity index (χ0v) is 30.7. The summed E-state index contributed by atoms with van der Waals surface area (Å²) in [4.78, 5) is 67.8. The molecule has 0 spiro atoms. The van der Waals surface area contributed by atoms with Gasteiger partial charge in [0.15, 0.2) is 11.6 Å². The van der Waals surface area contributed by atoms with Crippen LogP contribution in [0.25, 0.3) is 0 Å². The van der Waals surface area contributed by atoms with Crippen LogP contribution >= 0.6 is 0 Å². The summed E-state index contributed by atoms with van der Waals surface area (Å²) >= 11 is 0. The van der Waals surface area contributed by atoms with Crippen molar-refractivity contribution in [3.05, 3.63) is 42.0 Å². The quantitative estimate of drug-likeness (QED) is 0.0909. The topological polar surface area (TPSA) is 197 Å². The van der Waals surface area contributed by atoms with E-state index < -0.39 is 12.1 Å². The molecule has 0 aliphatic rings. The van der Waals surface area contributed by atoms with Gasteiger partial charge >= 0.3 is 6.03 Å². The highest BCUT2D eigenvalue weighted by Crippen LogP contribution is 2.09. The minimum Gasteiger partial charge on any atom is -0.392 e. The minimum absolute atomic E-state index is 0.0303. The summed E-state index contributed by atoms with van der Waals surface area (Å²) in [6.45, 7) is 17.4. The van der Waals surface area contributed by atoms with Crippen LogP contribution in [0.5, 0.6) is 0 Å². The first kappa shape index (κ1) is 48.3. The van der Waals surface area contributed by atoms with E-state index in [0.717, 1.165) is 44.1 Å². The molecule has 0 aromatic heterocycles. The third-order valence-electron chi connectivity index (χ3n) is 6.50. The molecule has 7 N–H and O–H groups in total. The molecule has 1 aromatic carbocycles. The van der Waals surface area contributed by atoms with Crippen molar-refractivity contribution in [3.8, 4) is 0 Å². The van der Waals surface area contributed by atoms with Crippen molar-refractivity contribution < 1.29 is 33.9 Å². The van der Waals surface area contributed by atoms with Crippen molar-refractivity contribution in [1.29, 1.82) is 0 Å². The number of benzene rings is 1. The van der Waals surface area contributed by atoms with Gasteiger partial charge < -0.3 is 32.1 Å². The van der Waals surface area contributed by atoms with Crippen LogP contribution in [0, 0.1) is 11.8 Å². The summed E-state index contributed by atoms with van der Waals surface area (Å²) in [5, 5.41) is 19.5. The fourth-order valence-corrected chi connectivity index (χ4v) is 3.48. The van der Waals surface area contributed by atoms with Gasteiger partial charge in [0.1, 0.15) is 6.04 Å². The van der Waals surface area contributed by atoms with Crippen molar-refractivity contribution in [3.63, 3.8) is 0 Å². The molecule has 0 radical (unpaired) electrons. The smallest absolute Gasteiger partial charge is 0.312 e. The van der Waals surface area contributed by atoms with Crippen molar-refractivity contribution in [1.82, 2.24) is 16.0 Å². The second-order valence-electron chi connectivity index (χ2n) is 11.2. The molecule has 0 fully saturated rings. The molecule has 5 amide bonds. The number of anilines is 1. The molecule has 0 aliphatic heterocycles. The fourth-order valence-electron chi connectivity index (χ4n) is 3.48. The standard InChI is InChI=1S/C21H33N3O4.C9H14O2.C4H10N2O.C2H6/c1-4-5-6-7-8-18(26)24-20(15(2)3)21(28)22-13-19(27)23-17-11-9-16(14-25)10-12-17;1-4-7(2)9(11)6-5-8(3)10;1-2-3-6-4(5)7;1-2/h9-12,15,20,25H,4-8,13-14H2,1-3H3,(H,22,28)(H,23,27)(H,24,26);5-7H,4H2,1-3H3;2-3H2,1H3,(H3,5,6,7);1-2H3/b;6-5-;;. The molecule has 0 bridgehead atoms. The maximum Gasteiger partial charge on any atom is 0.312 e. The van der Waals surface area contributed by atoms with Crippen LogP contribution in [0.2, 0.25) is 0 Å². The molecule has 1 aromatic rings. The second kappa shape index (κ2) is 31.5. The monoisotopic (exact) mass is 677 g/mol. The van der Waals surface area contributed by atoms with Gasteiger partial charge in [-0.25, -0.2) is 4.79 Å². The minimum atomic E-state index is -0.671. The van der Waals surface area contributed by atoms with Crippen LogP contribution in [-0.4, -0.2) is 59.6 Å². The zero-order valence-electron chi connectivity index (χ0n) is 30.7. The highest BCUT2D eigenvalue weighted by atomic mass is 16.3. The Morgan fingerprint density at radius 1 is 0.833 bits per heavy atom. The van der Waals surface area contributed by atoms with E-state index in [1.54, 1.807) is 24.3 Å². The third-order valence-corrected chi connectivity index (χ3v) is 6.50. The number of unbranched alkanes of at least 4 members (excludes halogenated alkanes) is 3. The number of hydrogen-bond donors (Lipinski definition) is 6. The highest BCUT2D eigenvalue weighted by Gasteiger charge is 2.24. The molecule has 2 atom stereocenters. The fraction of sp³-hybridized carbons (Fsp3) is 0.611. The molecule has 0 heterocycles. The molecule has 12 nitrogen and oxygen atoms in total. The van der Waals surface area contributed by atoms with Crippen LogP contribution < -0.4 is 27.0 Å². The summed E-state index contributed by atoms with van der Waals surface area (Å²) in [6.07, 6.45) is 8.84. The number of hydrogen-bond acceptors (Lipinski definition) is 7. The summed E-state index contributed by atoms with van der Waals surface area (Å²) in [5.74, 6) is -0.983. The number of allylic oxidation sites excluding steroid dienone is 2. The van der Waals surface area contributed by atoms with Crippen molar-refractivity contribution in [2.75, 3.05) is 18.4 Å². The SMILES string of the molecule is CC.CCC(C)C(=O)/C=C\C(C)=O.CCCCCCC(=O)NC(C(=O)NCC(=O)Nc1ccc(CO)cc1)C(C)C.CCCNC(N)=O. The van der Waals surface area contributed by atoms with Crippen LogP contribution in [0.15, 0.2) is 36.4 Å². The number of carbonyl (C=O) groups excluding carboxylic acids is 6. The first-order chi connectivity index (χ1) is 22.7. The molecule has 48 heavy (non-hydrogen) atoms. The normalized spacial score (nSPS) is 11.2. The summed E-state index contributed by atoms with van der Waals surface area (Å²) < 4.78 is 0. The summed E-state index contributed by atoms with van der Waals surface area (Å²) in [6, 6.07) is 5.66. The number of ketones is 2. The largest absolute Gasteiger partial charge is 0.392 e. The van der Waals surface area contributed by atoms with Gasteiger partial charge in [-0.3, -0.25) is 24.0 Å².